The van der Waals surface area contributed by atoms with Crippen molar-refractivity contribution in [3.63, 3.8) is 0 Å². The van der Waals surface area contributed by atoms with E-state index in [1.54, 1.807) is 23.6 Å². The molecule has 0 aliphatic carbocycles. The molecule has 1 aromatic heterocycles. The molecule has 6 heteroatoms. The van der Waals surface area contributed by atoms with E-state index in [2.05, 4.69) is 5.10 Å². The highest BCUT2D eigenvalue weighted by Crippen LogP contribution is 2.40. The number of aryl methyl sites for hydroxylation is 1. The molecule has 0 fully saturated rings. The molecule has 0 saturated carbocycles. The van der Waals surface area contributed by atoms with E-state index in [1.165, 1.54) is 0 Å². The molecule has 29 heavy (non-hydrogen) atoms. The Balaban J connectivity index is 1.88. The normalized spacial score (nSPS) is 11.3. The van der Waals surface area contributed by atoms with Crippen molar-refractivity contribution >= 4 is 17.7 Å². The summed E-state index contributed by atoms with van der Waals surface area (Å²) < 4.78 is 12.8. The van der Waals surface area contributed by atoms with Crippen LogP contribution in [0.1, 0.15) is 32.0 Å². The number of carbonyl (C=O) groups excluding carboxylic acids is 1. The zero-order valence-electron chi connectivity index (χ0n) is 17.4. The SMILES string of the molecule is COc1ccc(CC(=O)Oc2c(Sc3ccccc3)c(C)nn2C(C)(C)C)cc1. The minimum atomic E-state index is -0.324. The molecular formula is C23H26N2O3S. The minimum absolute atomic E-state index is 0.174. The third-order valence-corrected chi connectivity index (χ3v) is 5.46. The first-order valence-corrected chi connectivity index (χ1v) is 10.3. The predicted molar refractivity (Wildman–Crippen MR) is 115 cm³/mol. The van der Waals surface area contributed by atoms with Crippen LogP contribution < -0.4 is 9.47 Å². The van der Waals surface area contributed by atoms with Gasteiger partial charge in [-0.15, -0.1) is 0 Å². The quantitative estimate of drug-likeness (QED) is 0.519. The van der Waals surface area contributed by atoms with Gasteiger partial charge in [0.1, 0.15) is 5.75 Å². The van der Waals surface area contributed by atoms with Crippen LogP contribution in [-0.4, -0.2) is 22.9 Å². The molecule has 0 saturated heterocycles. The molecule has 2 aromatic carbocycles. The first kappa shape index (κ1) is 21.0. The van der Waals surface area contributed by atoms with E-state index in [0.29, 0.717) is 5.88 Å². The van der Waals surface area contributed by atoms with E-state index in [0.717, 1.165) is 26.8 Å². The van der Waals surface area contributed by atoms with Crippen molar-refractivity contribution in [3.8, 4) is 11.6 Å². The fraction of sp³-hybridized carbons (Fsp3) is 0.304. The zero-order valence-corrected chi connectivity index (χ0v) is 18.2. The summed E-state index contributed by atoms with van der Waals surface area (Å²) in [5, 5.41) is 4.66. The Morgan fingerprint density at radius 3 is 2.31 bits per heavy atom. The maximum atomic E-state index is 12.7. The Morgan fingerprint density at radius 2 is 1.72 bits per heavy atom. The molecule has 0 amide bonds. The first-order valence-electron chi connectivity index (χ1n) is 9.44. The molecule has 0 aliphatic heterocycles. The second-order valence-electron chi connectivity index (χ2n) is 7.72. The molecule has 0 aliphatic rings. The third kappa shape index (κ3) is 5.21. The highest BCUT2D eigenvalue weighted by Gasteiger charge is 2.27. The minimum Gasteiger partial charge on any atom is -0.497 e. The Morgan fingerprint density at radius 1 is 1.07 bits per heavy atom. The van der Waals surface area contributed by atoms with Crippen LogP contribution in [0.25, 0.3) is 0 Å². The molecule has 0 N–H and O–H groups in total. The number of hydrogen-bond donors (Lipinski definition) is 0. The van der Waals surface area contributed by atoms with Gasteiger partial charge in [0.25, 0.3) is 0 Å². The zero-order chi connectivity index (χ0) is 21.0. The molecule has 152 valence electrons. The van der Waals surface area contributed by atoms with Gasteiger partial charge in [0.2, 0.25) is 5.88 Å². The Hall–Kier alpha value is -2.73. The summed E-state index contributed by atoms with van der Waals surface area (Å²) in [6, 6.07) is 17.4. The van der Waals surface area contributed by atoms with Crippen LogP contribution in [0, 0.1) is 6.92 Å². The maximum Gasteiger partial charge on any atom is 0.317 e. The smallest absolute Gasteiger partial charge is 0.317 e. The molecule has 1 heterocycles. The molecule has 5 nitrogen and oxygen atoms in total. The van der Waals surface area contributed by atoms with E-state index in [-0.39, 0.29) is 17.9 Å². The lowest BCUT2D eigenvalue weighted by atomic mass is 10.1. The Bertz CT molecular complexity index is 974. The number of benzene rings is 2. The number of carbonyl (C=O) groups is 1. The summed E-state index contributed by atoms with van der Waals surface area (Å²) >= 11 is 1.55. The predicted octanol–water partition coefficient (Wildman–Crippen LogP) is 5.25. The summed E-state index contributed by atoms with van der Waals surface area (Å²) in [7, 11) is 1.62. The Labute approximate surface area is 176 Å². The Kier molecular flexibility index (Phi) is 6.33. The fourth-order valence-electron chi connectivity index (χ4n) is 2.81. The average molecular weight is 411 g/mol. The second-order valence-corrected chi connectivity index (χ2v) is 8.80. The van der Waals surface area contributed by atoms with Gasteiger partial charge in [0, 0.05) is 4.90 Å². The van der Waals surface area contributed by atoms with Crippen molar-refractivity contribution in [3.05, 3.63) is 65.9 Å². The van der Waals surface area contributed by atoms with Crippen molar-refractivity contribution in [2.75, 3.05) is 7.11 Å². The van der Waals surface area contributed by atoms with Gasteiger partial charge in [-0.05, 0) is 57.5 Å². The summed E-state index contributed by atoms with van der Waals surface area (Å²) in [5.41, 5.74) is 1.38. The van der Waals surface area contributed by atoms with Gasteiger partial charge in [-0.2, -0.15) is 5.10 Å². The summed E-state index contributed by atoms with van der Waals surface area (Å²) in [6.45, 7) is 8.06. The largest absolute Gasteiger partial charge is 0.497 e. The lowest BCUT2D eigenvalue weighted by molar-refractivity contribution is -0.134. The van der Waals surface area contributed by atoms with Crippen LogP contribution in [0.4, 0.5) is 0 Å². The standard InChI is InChI=1S/C23H26N2O3S/c1-16-21(29-19-9-7-6-8-10-19)22(25(24-16)23(2,3)4)28-20(26)15-17-11-13-18(27-5)14-12-17/h6-14H,15H2,1-5H3. The lowest BCUT2D eigenvalue weighted by Crippen LogP contribution is -2.26. The van der Waals surface area contributed by atoms with Gasteiger partial charge in [-0.1, -0.05) is 42.1 Å². The molecule has 0 radical (unpaired) electrons. The van der Waals surface area contributed by atoms with Crippen molar-refractivity contribution in [2.24, 2.45) is 0 Å². The number of hydrogen-bond acceptors (Lipinski definition) is 5. The van der Waals surface area contributed by atoms with Crippen molar-refractivity contribution in [1.29, 1.82) is 0 Å². The highest BCUT2D eigenvalue weighted by molar-refractivity contribution is 7.99. The number of rotatable bonds is 6. The molecule has 0 bridgehead atoms. The van der Waals surface area contributed by atoms with Gasteiger partial charge in [-0.25, -0.2) is 4.68 Å². The second kappa shape index (κ2) is 8.74. The molecule has 3 aromatic rings. The van der Waals surface area contributed by atoms with Gasteiger partial charge in [0.15, 0.2) is 0 Å². The summed E-state index contributed by atoms with van der Waals surface area (Å²) in [5.74, 6) is 0.919. The maximum absolute atomic E-state index is 12.7. The number of esters is 1. The summed E-state index contributed by atoms with van der Waals surface area (Å²) in [4.78, 5) is 14.6. The van der Waals surface area contributed by atoms with Crippen LogP contribution >= 0.6 is 11.8 Å². The van der Waals surface area contributed by atoms with E-state index in [4.69, 9.17) is 9.47 Å². The topological polar surface area (TPSA) is 53.4 Å². The molecule has 0 atom stereocenters. The van der Waals surface area contributed by atoms with Crippen LogP contribution in [0.5, 0.6) is 11.6 Å². The van der Waals surface area contributed by atoms with Gasteiger partial charge < -0.3 is 9.47 Å². The number of nitrogens with zero attached hydrogens (tertiary/aromatic N) is 2. The van der Waals surface area contributed by atoms with Gasteiger partial charge in [0.05, 0.1) is 29.7 Å². The first-order chi connectivity index (χ1) is 13.8. The number of ether oxygens (including phenoxy) is 2. The van der Waals surface area contributed by atoms with Gasteiger partial charge >= 0.3 is 5.97 Å². The van der Waals surface area contributed by atoms with E-state index in [9.17, 15) is 4.79 Å². The molecular weight excluding hydrogens is 384 g/mol. The molecule has 3 rings (SSSR count). The van der Waals surface area contributed by atoms with Crippen LogP contribution in [-0.2, 0) is 16.8 Å². The molecule has 0 spiro atoms. The third-order valence-electron chi connectivity index (χ3n) is 4.28. The summed E-state index contributed by atoms with van der Waals surface area (Å²) in [6.07, 6.45) is 0.174. The van der Waals surface area contributed by atoms with Crippen molar-refractivity contribution < 1.29 is 14.3 Å². The van der Waals surface area contributed by atoms with Crippen molar-refractivity contribution in [2.45, 2.75) is 49.4 Å². The van der Waals surface area contributed by atoms with Crippen molar-refractivity contribution in [1.82, 2.24) is 9.78 Å². The monoisotopic (exact) mass is 410 g/mol. The van der Waals surface area contributed by atoms with Crippen LogP contribution in [0.2, 0.25) is 0 Å². The van der Waals surface area contributed by atoms with E-state index in [1.807, 2.05) is 82.3 Å². The van der Waals surface area contributed by atoms with E-state index >= 15 is 0 Å². The highest BCUT2D eigenvalue weighted by atomic mass is 32.2. The number of aromatic nitrogens is 2. The fourth-order valence-corrected chi connectivity index (χ4v) is 3.75. The number of methoxy groups -OCH3 is 1. The van der Waals surface area contributed by atoms with Crippen LogP contribution in [0.15, 0.2) is 64.4 Å². The van der Waals surface area contributed by atoms with E-state index < -0.39 is 0 Å². The average Bonchev–Trinajstić information content (AvgIpc) is 2.99. The molecule has 0 unspecified atom stereocenters. The van der Waals surface area contributed by atoms with Gasteiger partial charge in [-0.3, -0.25) is 4.79 Å². The van der Waals surface area contributed by atoms with Crippen LogP contribution in [0.3, 0.4) is 0 Å². The lowest BCUT2D eigenvalue weighted by Gasteiger charge is -2.22.